The summed E-state index contributed by atoms with van der Waals surface area (Å²) in [4.78, 5) is 0. The van der Waals surface area contributed by atoms with Crippen molar-refractivity contribution >= 4 is 18.3 Å². The predicted molar refractivity (Wildman–Crippen MR) is 61.5 cm³/mol. The van der Waals surface area contributed by atoms with Crippen LogP contribution in [0.2, 0.25) is 0 Å². The molecule has 0 spiro atoms. The molecule has 0 aromatic carbocycles. The van der Waals surface area contributed by atoms with Gasteiger partial charge in [-0.15, -0.1) is 14.0 Å². The topological polar surface area (TPSA) is 9.72 Å². The van der Waals surface area contributed by atoms with Gasteiger partial charge < -0.3 is 0 Å². The van der Waals surface area contributed by atoms with E-state index in [0.717, 1.165) is 0 Å². The SMILES string of the molecule is CS[P+](N(C)C)(N(C)C)N(C)C. The molecule has 74 valence electrons. The maximum absolute atomic E-state index is 2.32. The van der Waals surface area contributed by atoms with Crippen molar-refractivity contribution in [3.63, 3.8) is 0 Å². The van der Waals surface area contributed by atoms with Gasteiger partial charge in [0.2, 0.25) is 0 Å². The van der Waals surface area contributed by atoms with E-state index < -0.39 is 6.92 Å². The lowest BCUT2D eigenvalue weighted by Crippen LogP contribution is -2.33. The lowest BCUT2D eigenvalue weighted by molar-refractivity contribution is 0.482. The Morgan fingerprint density at radius 2 is 1.00 bits per heavy atom. The normalized spacial score (nSPS) is 13.5. The Morgan fingerprint density at radius 3 is 1.00 bits per heavy atom. The van der Waals surface area contributed by atoms with Crippen LogP contribution in [-0.4, -0.2) is 62.6 Å². The minimum Gasteiger partial charge on any atom is -0.145 e. The second-order valence-electron chi connectivity index (χ2n) is 3.24. The highest BCUT2D eigenvalue weighted by Crippen LogP contribution is 2.72. The fourth-order valence-corrected chi connectivity index (χ4v) is 7.63. The summed E-state index contributed by atoms with van der Waals surface area (Å²) in [5, 5.41) is 0. The van der Waals surface area contributed by atoms with E-state index in [0.29, 0.717) is 0 Å². The molecule has 0 aliphatic heterocycles. The summed E-state index contributed by atoms with van der Waals surface area (Å²) in [6.07, 6.45) is 2.17. The number of nitrogens with zero attached hydrogens (tertiary/aromatic N) is 3. The zero-order valence-corrected chi connectivity index (χ0v) is 10.9. The summed E-state index contributed by atoms with van der Waals surface area (Å²) >= 11 is 1.93. The van der Waals surface area contributed by atoms with Crippen molar-refractivity contribution in [1.29, 1.82) is 0 Å². The molecule has 12 heavy (non-hydrogen) atoms. The number of hydrogen-bond donors (Lipinski definition) is 0. The molecule has 0 aliphatic carbocycles. The van der Waals surface area contributed by atoms with E-state index in [-0.39, 0.29) is 0 Å². The monoisotopic (exact) mass is 210 g/mol. The van der Waals surface area contributed by atoms with Crippen LogP contribution in [0.3, 0.4) is 0 Å². The first kappa shape index (κ1) is 12.7. The molecule has 0 radical (unpaired) electrons. The Hall–Kier alpha value is 0.660. The first-order valence-electron chi connectivity index (χ1n) is 3.87. The zero-order chi connectivity index (χ0) is 9.94. The van der Waals surface area contributed by atoms with E-state index in [1.54, 1.807) is 0 Å². The molecule has 0 aliphatic rings. The third kappa shape index (κ3) is 2.12. The number of rotatable bonds is 4. The highest BCUT2D eigenvalue weighted by atomic mass is 32.7. The summed E-state index contributed by atoms with van der Waals surface area (Å²) in [6.45, 7) is -1.28. The van der Waals surface area contributed by atoms with Gasteiger partial charge in [-0.1, -0.05) is 0 Å². The summed E-state index contributed by atoms with van der Waals surface area (Å²) < 4.78 is 6.95. The van der Waals surface area contributed by atoms with Gasteiger partial charge in [0.25, 0.3) is 6.92 Å². The molecular formula is C7H21N3PS+. The van der Waals surface area contributed by atoms with Crippen molar-refractivity contribution in [3.05, 3.63) is 0 Å². The van der Waals surface area contributed by atoms with E-state index in [1.807, 2.05) is 11.4 Å². The van der Waals surface area contributed by atoms with Gasteiger partial charge in [0, 0.05) is 48.5 Å². The maximum atomic E-state index is 2.32. The van der Waals surface area contributed by atoms with Gasteiger partial charge >= 0.3 is 0 Å². The van der Waals surface area contributed by atoms with Crippen LogP contribution < -0.4 is 0 Å². The Labute approximate surface area is 81.3 Å². The van der Waals surface area contributed by atoms with Crippen LogP contribution in [0, 0.1) is 0 Å². The molecule has 0 amide bonds. The van der Waals surface area contributed by atoms with Gasteiger partial charge in [-0.05, 0) is 0 Å². The molecule has 0 N–H and O–H groups in total. The van der Waals surface area contributed by atoms with Crippen LogP contribution in [0.5, 0.6) is 0 Å². The molecule has 0 rings (SSSR count). The van der Waals surface area contributed by atoms with Crippen LogP contribution in [0.4, 0.5) is 0 Å². The summed E-state index contributed by atoms with van der Waals surface area (Å²) in [7, 11) is 12.9. The van der Waals surface area contributed by atoms with E-state index in [1.165, 1.54) is 0 Å². The molecule has 0 saturated carbocycles. The molecular weight excluding hydrogens is 189 g/mol. The Kier molecular flexibility index (Phi) is 5.04. The molecule has 0 fully saturated rings. The van der Waals surface area contributed by atoms with E-state index in [4.69, 9.17) is 0 Å². The maximum Gasteiger partial charge on any atom is 0.289 e. The fourth-order valence-electron chi connectivity index (χ4n) is 1.56. The van der Waals surface area contributed by atoms with Crippen LogP contribution in [-0.2, 0) is 0 Å². The van der Waals surface area contributed by atoms with Crippen LogP contribution in [0.25, 0.3) is 0 Å². The Bertz CT molecular complexity index is 117. The van der Waals surface area contributed by atoms with Gasteiger partial charge in [0.15, 0.2) is 0 Å². The molecule has 0 unspecified atom stereocenters. The first-order valence-corrected chi connectivity index (χ1v) is 7.35. The number of hydrogen-bond acceptors (Lipinski definition) is 4. The van der Waals surface area contributed by atoms with Gasteiger partial charge in [-0.2, -0.15) is 0 Å². The minimum atomic E-state index is -1.28. The second-order valence-corrected chi connectivity index (χ2v) is 9.59. The molecule has 0 saturated heterocycles. The van der Waals surface area contributed by atoms with Crippen molar-refractivity contribution in [3.8, 4) is 0 Å². The van der Waals surface area contributed by atoms with E-state index in [9.17, 15) is 0 Å². The quantitative estimate of drug-likeness (QED) is 0.653. The molecule has 0 aromatic heterocycles. The zero-order valence-electron chi connectivity index (χ0n) is 9.20. The van der Waals surface area contributed by atoms with Crippen LogP contribution in [0.1, 0.15) is 0 Å². The highest BCUT2D eigenvalue weighted by molar-refractivity contribution is 8.59. The van der Waals surface area contributed by atoms with Gasteiger partial charge in [-0.25, -0.2) is 0 Å². The Balaban J connectivity index is 4.77. The largest absolute Gasteiger partial charge is 0.289 e. The van der Waals surface area contributed by atoms with Gasteiger partial charge in [0.1, 0.15) is 0 Å². The van der Waals surface area contributed by atoms with Crippen molar-refractivity contribution < 1.29 is 0 Å². The van der Waals surface area contributed by atoms with Gasteiger partial charge in [-0.3, -0.25) is 0 Å². The standard InChI is InChI=1S/C7H21N3PS/c1-8(2)11(12-7,9(3)4)10(5)6/h1-7H3/q+1. The fraction of sp³-hybridized carbons (Fsp3) is 1.00. The van der Waals surface area contributed by atoms with Gasteiger partial charge in [0.05, 0.1) is 11.4 Å². The molecule has 3 nitrogen and oxygen atoms in total. The van der Waals surface area contributed by atoms with Crippen molar-refractivity contribution in [1.82, 2.24) is 14.0 Å². The third-order valence-electron chi connectivity index (χ3n) is 1.81. The van der Waals surface area contributed by atoms with E-state index in [2.05, 4.69) is 62.6 Å². The second kappa shape index (κ2) is 4.77. The molecule has 0 heterocycles. The summed E-state index contributed by atoms with van der Waals surface area (Å²) in [6, 6.07) is 0. The predicted octanol–water partition coefficient (Wildman–Crippen LogP) is 1.71. The smallest absolute Gasteiger partial charge is 0.145 e. The van der Waals surface area contributed by atoms with Crippen molar-refractivity contribution in [2.24, 2.45) is 0 Å². The highest BCUT2D eigenvalue weighted by Gasteiger charge is 2.47. The molecule has 0 aromatic rings. The minimum absolute atomic E-state index is 1.28. The summed E-state index contributed by atoms with van der Waals surface area (Å²) in [5.41, 5.74) is 0. The first-order chi connectivity index (χ1) is 5.39. The van der Waals surface area contributed by atoms with E-state index >= 15 is 0 Å². The van der Waals surface area contributed by atoms with Crippen molar-refractivity contribution in [2.75, 3.05) is 48.5 Å². The third-order valence-corrected chi connectivity index (χ3v) is 9.83. The van der Waals surface area contributed by atoms with Crippen LogP contribution in [0.15, 0.2) is 0 Å². The average Bonchev–Trinajstić information content (AvgIpc) is 1.86. The lowest BCUT2D eigenvalue weighted by atomic mass is 11.2. The molecule has 5 heteroatoms. The average molecular weight is 210 g/mol. The van der Waals surface area contributed by atoms with Crippen LogP contribution >= 0.6 is 18.3 Å². The Morgan fingerprint density at radius 1 is 0.750 bits per heavy atom. The van der Waals surface area contributed by atoms with Crippen molar-refractivity contribution in [2.45, 2.75) is 0 Å². The molecule has 0 atom stereocenters. The summed E-state index contributed by atoms with van der Waals surface area (Å²) in [5.74, 6) is 0. The molecule has 0 bridgehead atoms. The lowest BCUT2D eigenvalue weighted by Gasteiger charge is -2.37.